The van der Waals surface area contributed by atoms with E-state index in [1.807, 2.05) is 0 Å². The first-order chi connectivity index (χ1) is 53.5. The lowest BCUT2D eigenvalue weighted by atomic mass is 10.0. The zero-order valence-corrected chi connectivity index (χ0v) is 65.8. The minimum Gasteiger partial charge on any atom is -0.461 e. The Morgan fingerprint density at radius 2 is 0.759 bits per heavy atom. The van der Waals surface area contributed by atoms with Gasteiger partial charge in [0, 0.05) is 76.1 Å². The normalized spacial score (nSPS) is 13.1. The number of esters is 2. The molecule has 0 aromatic heterocycles. The lowest BCUT2D eigenvalue weighted by Gasteiger charge is -2.25. The van der Waals surface area contributed by atoms with Gasteiger partial charge in [0.1, 0.15) is 37.4 Å². The van der Waals surface area contributed by atoms with Crippen LogP contribution in [0, 0.1) is 23.7 Å². The second-order valence-electron chi connectivity index (χ2n) is 27.1. The van der Waals surface area contributed by atoms with E-state index in [1.54, 1.807) is 104 Å². The number of carbonyl (C=O) groups excluding carboxylic acids is 14. The van der Waals surface area contributed by atoms with Crippen molar-refractivity contribution in [2.75, 3.05) is 143 Å². The van der Waals surface area contributed by atoms with E-state index < -0.39 is 89.5 Å². The number of nitrogens with zero attached hydrogens (tertiary/aromatic N) is 2. The molecule has 2 aromatic rings. The van der Waals surface area contributed by atoms with Gasteiger partial charge in [-0.1, -0.05) is 79.7 Å². The Bertz CT molecular complexity index is 3040. The van der Waals surface area contributed by atoms with Crippen LogP contribution in [0.3, 0.4) is 0 Å². The Hall–Kier alpha value is -9.50. The predicted molar refractivity (Wildman–Crippen MR) is 404 cm³/mol. The molecule has 1 aliphatic rings. The van der Waals surface area contributed by atoms with E-state index in [9.17, 15) is 67.1 Å². The average Bonchev–Trinajstić information content (AvgIpc) is 1.14. The Balaban J connectivity index is 1.32. The first-order valence-electron chi connectivity index (χ1n) is 37.9. The van der Waals surface area contributed by atoms with Crippen LogP contribution in [0.15, 0.2) is 48.5 Å². The molecule has 0 bridgehead atoms. The van der Waals surface area contributed by atoms with Gasteiger partial charge in [-0.2, -0.15) is 0 Å². The highest BCUT2D eigenvalue weighted by Crippen LogP contribution is 2.18. The average molecular weight is 1590 g/mol. The number of nitrogens with two attached hydrogens (primary N) is 2. The van der Waals surface area contributed by atoms with E-state index in [0.29, 0.717) is 40.4 Å². The van der Waals surface area contributed by atoms with Gasteiger partial charge in [0.25, 0.3) is 11.8 Å². The van der Waals surface area contributed by atoms with E-state index >= 15 is 0 Å². The fraction of sp³-hybridized carbons (Fsp3) is 0.653. The summed E-state index contributed by atoms with van der Waals surface area (Å²) in [6.07, 6.45) is 0.404. The summed E-state index contributed by atoms with van der Waals surface area (Å²) in [5.74, 6) is -7.52. The number of rotatable bonds is 61. The number of carbonyl (C=O) groups is 14. The molecule has 112 heavy (non-hydrogen) atoms. The molecular formula is C75H118N12O25. The molecule has 0 spiro atoms. The van der Waals surface area contributed by atoms with Crippen molar-refractivity contribution < 1.29 is 119 Å². The van der Waals surface area contributed by atoms with Crippen LogP contribution in [0.25, 0.3) is 0 Å². The van der Waals surface area contributed by atoms with Crippen LogP contribution in [0.2, 0.25) is 0 Å². The van der Waals surface area contributed by atoms with Crippen molar-refractivity contribution in [3.05, 3.63) is 59.7 Å². The molecule has 0 radical (unpaired) electrons. The largest absolute Gasteiger partial charge is 0.461 e. The number of hydrogen-bond acceptors (Lipinski definition) is 25. The number of hydroxylamine groups is 2. The summed E-state index contributed by atoms with van der Waals surface area (Å²) in [4.78, 5) is 183. The van der Waals surface area contributed by atoms with Gasteiger partial charge in [-0.15, -0.1) is 5.06 Å². The van der Waals surface area contributed by atoms with Gasteiger partial charge in [0.15, 0.2) is 0 Å². The summed E-state index contributed by atoms with van der Waals surface area (Å²) in [6, 6.07) is 7.71. The van der Waals surface area contributed by atoms with Crippen LogP contribution < -0.4 is 54.0 Å². The molecule has 1 saturated heterocycles. The molecule has 0 saturated carbocycles. The molecule has 1 aliphatic heterocycles. The maximum absolute atomic E-state index is 13.6. The molecule has 2 unspecified atom stereocenters. The molecule has 1 fully saturated rings. The predicted octanol–water partition coefficient (Wildman–Crippen LogP) is 2.33. The van der Waals surface area contributed by atoms with Crippen molar-refractivity contribution in [1.29, 1.82) is 0 Å². The molecule has 37 nitrogen and oxygen atoms in total. The van der Waals surface area contributed by atoms with Crippen LogP contribution in [-0.4, -0.2) is 249 Å². The number of benzene rings is 2. The van der Waals surface area contributed by atoms with Gasteiger partial charge < -0.3 is 111 Å². The zero-order chi connectivity index (χ0) is 82.6. The topological polar surface area (TPSA) is 495 Å². The number of anilines is 2. The van der Waals surface area contributed by atoms with Crippen molar-refractivity contribution in [2.45, 2.75) is 163 Å². The molecule has 2 aromatic carbocycles. The summed E-state index contributed by atoms with van der Waals surface area (Å²) in [5, 5.41) is 21.9. The standard InChI is InChI=1S/C75H118N12O25/c1-50(2)66(70(96)82-58(12-10-28-78-74(76)100)68(94)80-56-20-16-54(17-21-56)48-110-72(98)52(5)6)84-60(88)26-32-102-36-40-106-44-46-108-42-38-104-34-30-86(62(90)14-9-15-65(93)112-87-63(91)24-25-64(87)92)31-35-105-39-43-109-47-45-107-41-37-103-33-27-61(89)85-67(51(3)4)71(97)83-59(13-11-29-79-75(77)101)69(95)81-57-22-18-55(19-23-57)49-111-73(99)53(7)8/h16-23,50-53,58-59,66-67H,9-15,24-49H2,1-8H3,(H,80,94)(H,81,95)(H,82,96)(H,83,97)(H,84,88)(H,85,89)(H3,76,78,100)(H3,77,79,101)/t58?,59?,66-,67-/m0/s1. The van der Waals surface area contributed by atoms with Gasteiger partial charge >= 0.3 is 30.0 Å². The quantitative estimate of drug-likeness (QED) is 0.0258. The van der Waals surface area contributed by atoms with Crippen LogP contribution in [0.4, 0.5) is 21.0 Å². The van der Waals surface area contributed by atoms with Crippen LogP contribution >= 0.6 is 0 Å². The van der Waals surface area contributed by atoms with Gasteiger partial charge in [0.05, 0.1) is 118 Å². The number of hydrogen-bond donors (Lipinski definition) is 10. The maximum atomic E-state index is 13.6. The number of imide groups is 1. The summed E-state index contributed by atoms with van der Waals surface area (Å²) in [6.45, 7) is 17.5. The lowest BCUT2D eigenvalue weighted by molar-refractivity contribution is -0.197. The maximum Gasteiger partial charge on any atom is 0.333 e. The van der Waals surface area contributed by atoms with Crippen molar-refractivity contribution in [2.24, 2.45) is 35.1 Å². The fourth-order valence-electron chi connectivity index (χ4n) is 10.0. The first kappa shape index (κ1) is 96.7. The molecule has 4 atom stereocenters. The highest BCUT2D eigenvalue weighted by atomic mass is 16.7. The van der Waals surface area contributed by atoms with Crippen molar-refractivity contribution in [1.82, 2.24) is 41.9 Å². The number of amides is 13. The zero-order valence-electron chi connectivity index (χ0n) is 65.8. The SMILES string of the molecule is CC(C)C(=O)OCc1ccc(NC(=O)C(CCCNC(N)=O)NC(=O)[C@@H](NC(=O)CCOCCOCCOCCOCCN(CCOCCOCCOCCOCCC(=O)N[C@H](C(=O)NC(CCCNC(N)=O)C(=O)Nc2ccc(COC(=O)C(C)C)cc2)C(C)C)C(=O)CCCC(=O)ON2C(=O)CCC2=O)C(C)C)cc1. The van der Waals surface area contributed by atoms with Gasteiger partial charge in [-0.3, -0.25) is 52.7 Å². The van der Waals surface area contributed by atoms with Crippen LogP contribution in [0.5, 0.6) is 0 Å². The molecule has 0 aliphatic carbocycles. The highest BCUT2D eigenvalue weighted by Gasteiger charge is 2.34. The Morgan fingerprint density at radius 1 is 0.420 bits per heavy atom. The molecule has 13 amide bonds. The summed E-state index contributed by atoms with van der Waals surface area (Å²) in [5.41, 5.74) is 12.7. The summed E-state index contributed by atoms with van der Waals surface area (Å²) in [7, 11) is 0. The van der Waals surface area contributed by atoms with E-state index in [2.05, 4.69) is 42.5 Å². The van der Waals surface area contributed by atoms with Crippen molar-refractivity contribution in [3.8, 4) is 0 Å². The Kier molecular flexibility index (Phi) is 48.9. The monoisotopic (exact) mass is 1590 g/mol. The van der Waals surface area contributed by atoms with Crippen molar-refractivity contribution >= 4 is 94.5 Å². The number of ether oxygens (including phenoxy) is 10. The molecular weight excluding hydrogens is 1470 g/mol. The van der Waals surface area contributed by atoms with Crippen LogP contribution in [-0.2, 0) is 123 Å². The third-order valence-corrected chi connectivity index (χ3v) is 16.4. The van der Waals surface area contributed by atoms with Gasteiger partial charge in [-0.25, -0.2) is 14.4 Å². The lowest BCUT2D eigenvalue weighted by Crippen LogP contribution is -2.54. The first-order valence-corrected chi connectivity index (χ1v) is 37.9. The minimum atomic E-state index is -1.05. The van der Waals surface area contributed by atoms with E-state index in [1.165, 1.54) is 4.90 Å². The van der Waals surface area contributed by atoms with Gasteiger partial charge in [0.2, 0.25) is 41.4 Å². The summed E-state index contributed by atoms with van der Waals surface area (Å²) < 4.78 is 55.6. The number of primary amides is 2. The molecule has 12 N–H and O–H groups in total. The fourth-order valence-corrected chi connectivity index (χ4v) is 10.0. The highest BCUT2D eigenvalue weighted by molar-refractivity contribution is 6.02. The third-order valence-electron chi connectivity index (χ3n) is 16.4. The second-order valence-corrected chi connectivity index (χ2v) is 27.1. The molecule has 628 valence electrons. The number of nitrogens with one attached hydrogen (secondary N) is 8. The second kappa shape index (κ2) is 56.7. The Labute approximate surface area is 654 Å². The van der Waals surface area contributed by atoms with E-state index in [-0.39, 0.29) is 244 Å². The van der Waals surface area contributed by atoms with Crippen LogP contribution in [0.1, 0.15) is 137 Å². The smallest absolute Gasteiger partial charge is 0.333 e. The Morgan fingerprint density at radius 3 is 1.09 bits per heavy atom. The number of urea groups is 2. The summed E-state index contributed by atoms with van der Waals surface area (Å²) >= 11 is 0. The third kappa shape index (κ3) is 43.3. The molecule has 37 heteroatoms. The van der Waals surface area contributed by atoms with Crippen molar-refractivity contribution in [3.63, 3.8) is 0 Å². The van der Waals surface area contributed by atoms with E-state index in [4.69, 9.17) is 63.7 Å². The van der Waals surface area contributed by atoms with E-state index in [0.717, 1.165) is 0 Å². The minimum absolute atomic E-state index is 0.0289. The molecule has 1 heterocycles. The molecule has 3 rings (SSSR count). The van der Waals surface area contributed by atoms with Gasteiger partial charge in [-0.05, 0) is 79.3 Å².